The highest BCUT2D eigenvalue weighted by Crippen LogP contribution is 2.42. The molecule has 0 bridgehead atoms. The molecule has 5 aromatic rings. The lowest BCUT2D eigenvalue weighted by Crippen LogP contribution is -2.11. The number of hydrogen-bond acceptors (Lipinski definition) is 4. The number of hydrogen-bond donors (Lipinski definition) is 0. The van der Waals surface area contributed by atoms with Crippen molar-refractivity contribution < 1.29 is 9.47 Å². The van der Waals surface area contributed by atoms with Gasteiger partial charge in [0.25, 0.3) is 0 Å². The van der Waals surface area contributed by atoms with E-state index in [4.69, 9.17) is 9.47 Å². The molecule has 0 N–H and O–H groups in total. The molecule has 194 valence electrons. The second-order valence-corrected chi connectivity index (χ2v) is 10.0. The van der Waals surface area contributed by atoms with E-state index >= 15 is 0 Å². The number of nitrogens with zero attached hydrogens (tertiary/aromatic N) is 1. The lowest BCUT2D eigenvalue weighted by atomic mass is 9.98. The Bertz CT molecular complexity index is 1400. The van der Waals surface area contributed by atoms with E-state index in [-0.39, 0.29) is 0 Å². The predicted molar refractivity (Wildman–Crippen MR) is 164 cm³/mol. The second-order valence-electron chi connectivity index (χ2n) is 8.74. The minimum atomic E-state index is 0.831. The van der Waals surface area contributed by atoms with Crippen molar-refractivity contribution in [1.82, 2.24) is 0 Å². The van der Waals surface area contributed by atoms with Crippen LogP contribution in [0.15, 0.2) is 103 Å². The molecule has 0 radical (unpaired) electrons. The summed E-state index contributed by atoms with van der Waals surface area (Å²) in [5.41, 5.74) is 8.01. The standard InChI is InChI=1S/C32H29NO2S.C2H6/c1-22-5-19-30(24-7-9-25(10-8-24)32-20-6-23(2)36-32)31(21-22)33(26-11-15-28(34-3)16-12-26)27-13-17-29(35-4)18-14-27;1-2/h5-21H,1-4H3;1-2H3. The van der Waals surface area contributed by atoms with Crippen LogP contribution in [0.5, 0.6) is 11.5 Å². The highest BCUT2D eigenvalue weighted by atomic mass is 32.1. The van der Waals surface area contributed by atoms with Gasteiger partial charge in [0, 0.05) is 26.7 Å². The molecule has 0 saturated carbocycles. The van der Waals surface area contributed by atoms with Crippen molar-refractivity contribution in [2.24, 2.45) is 0 Å². The van der Waals surface area contributed by atoms with Crippen molar-refractivity contribution in [3.8, 4) is 33.1 Å². The average molecular weight is 522 g/mol. The Morgan fingerprint density at radius 3 is 1.58 bits per heavy atom. The van der Waals surface area contributed by atoms with Gasteiger partial charge >= 0.3 is 0 Å². The molecular weight excluding hydrogens is 486 g/mol. The van der Waals surface area contributed by atoms with Gasteiger partial charge in [-0.1, -0.05) is 50.2 Å². The first kappa shape index (κ1) is 27.0. The van der Waals surface area contributed by atoms with Crippen molar-refractivity contribution in [3.63, 3.8) is 0 Å². The van der Waals surface area contributed by atoms with Crippen molar-refractivity contribution in [2.75, 3.05) is 19.1 Å². The SMILES string of the molecule is CC.COc1ccc(N(c2ccc(OC)cc2)c2cc(C)ccc2-c2ccc(-c3ccc(C)s3)cc2)cc1. The predicted octanol–water partition coefficient (Wildman–Crippen LogP) is 10.2. The van der Waals surface area contributed by atoms with Gasteiger partial charge in [-0.25, -0.2) is 0 Å². The Morgan fingerprint density at radius 2 is 1.11 bits per heavy atom. The molecule has 0 aliphatic heterocycles. The third-order valence-corrected chi connectivity index (χ3v) is 7.33. The van der Waals surface area contributed by atoms with Crippen LogP contribution in [-0.4, -0.2) is 14.2 Å². The fourth-order valence-corrected chi connectivity index (χ4v) is 5.24. The molecule has 3 nitrogen and oxygen atoms in total. The molecule has 0 unspecified atom stereocenters. The minimum absolute atomic E-state index is 0.831. The molecule has 0 atom stereocenters. The molecule has 4 aromatic carbocycles. The van der Waals surface area contributed by atoms with Gasteiger partial charge in [-0.05, 0) is 97.3 Å². The zero-order chi connectivity index (χ0) is 27.1. The van der Waals surface area contributed by atoms with Crippen molar-refractivity contribution in [1.29, 1.82) is 0 Å². The highest BCUT2D eigenvalue weighted by molar-refractivity contribution is 7.15. The third-order valence-electron chi connectivity index (χ3n) is 6.28. The largest absolute Gasteiger partial charge is 0.497 e. The molecule has 4 heteroatoms. The molecule has 5 rings (SSSR count). The Balaban J connectivity index is 0.00000164. The summed E-state index contributed by atoms with van der Waals surface area (Å²) in [4.78, 5) is 4.91. The van der Waals surface area contributed by atoms with Crippen molar-refractivity contribution >= 4 is 28.4 Å². The Labute approximate surface area is 230 Å². The quantitative estimate of drug-likeness (QED) is 0.213. The minimum Gasteiger partial charge on any atom is -0.497 e. The normalized spacial score (nSPS) is 10.4. The molecular formula is C34H35NO2S. The first-order valence-corrected chi connectivity index (χ1v) is 13.7. The summed E-state index contributed by atoms with van der Waals surface area (Å²) in [6, 6.07) is 36.3. The molecule has 0 aliphatic rings. The van der Waals surface area contributed by atoms with E-state index in [1.54, 1.807) is 14.2 Å². The van der Waals surface area contributed by atoms with Crippen LogP contribution in [-0.2, 0) is 0 Å². The highest BCUT2D eigenvalue weighted by Gasteiger charge is 2.18. The van der Waals surface area contributed by atoms with Gasteiger partial charge in [0.05, 0.1) is 19.9 Å². The fourth-order valence-electron chi connectivity index (χ4n) is 4.36. The number of aryl methyl sites for hydroxylation is 2. The van der Waals surface area contributed by atoms with Crippen molar-refractivity contribution in [3.05, 3.63) is 114 Å². The molecule has 0 saturated heterocycles. The van der Waals surface area contributed by atoms with Gasteiger partial charge in [0.15, 0.2) is 0 Å². The Kier molecular flexibility index (Phi) is 8.88. The molecule has 0 aliphatic carbocycles. The van der Waals surface area contributed by atoms with E-state index in [1.807, 2.05) is 49.4 Å². The number of methoxy groups -OCH3 is 2. The lowest BCUT2D eigenvalue weighted by molar-refractivity contribution is 0.415. The van der Waals surface area contributed by atoms with Crippen LogP contribution in [0.4, 0.5) is 17.1 Å². The maximum atomic E-state index is 5.42. The summed E-state index contributed by atoms with van der Waals surface area (Å²) < 4.78 is 10.8. The number of anilines is 3. The average Bonchev–Trinajstić information content (AvgIpc) is 3.41. The fraction of sp³-hybridized carbons (Fsp3) is 0.176. The van der Waals surface area contributed by atoms with Gasteiger partial charge in [-0.3, -0.25) is 0 Å². The van der Waals surface area contributed by atoms with E-state index in [1.165, 1.54) is 32.0 Å². The summed E-state index contributed by atoms with van der Waals surface area (Å²) in [7, 11) is 3.38. The van der Waals surface area contributed by atoms with Crippen LogP contribution in [0.25, 0.3) is 21.6 Å². The second kappa shape index (κ2) is 12.5. The van der Waals surface area contributed by atoms with Gasteiger partial charge in [-0.15, -0.1) is 11.3 Å². The Hall–Kier alpha value is -4.02. The zero-order valence-electron chi connectivity index (χ0n) is 23.0. The van der Waals surface area contributed by atoms with E-state index in [0.717, 1.165) is 28.6 Å². The first-order chi connectivity index (χ1) is 18.6. The molecule has 38 heavy (non-hydrogen) atoms. The molecule has 0 fully saturated rings. The first-order valence-electron chi connectivity index (χ1n) is 12.9. The number of ether oxygens (including phenoxy) is 2. The third kappa shape index (κ3) is 5.92. The van der Waals surface area contributed by atoms with Crippen LogP contribution in [0, 0.1) is 13.8 Å². The summed E-state index contributed by atoms with van der Waals surface area (Å²) in [6.45, 7) is 8.28. The van der Waals surface area contributed by atoms with Crippen LogP contribution >= 0.6 is 11.3 Å². The van der Waals surface area contributed by atoms with E-state index in [2.05, 4.69) is 97.6 Å². The van der Waals surface area contributed by atoms with Gasteiger partial charge in [0.1, 0.15) is 11.5 Å². The van der Waals surface area contributed by atoms with E-state index in [0.29, 0.717) is 0 Å². The molecule has 0 spiro atoms. The van der Waals surface area contributed by atoms with E-state index in [9.17, 15) is 0 Å². The summed E-state index contributed by atoms with van der Waals surface area (Å²) in [5, 5.41) is 0. The van der Waals surface area contributed by atoms with Crippen LogP contribution in [0.2, 0.25) is 0 Å². The maximum absolute atomic E-state index is 5.42. The summed E-state index contributed by atoms with van der Waals surface area (Å²) >= 11 is 1.82. The number of thiophene rings is 1. The zero-order valence-corrected chi connectivity index (χ0v) is 23.8. The van der Waals surface area contributed by atoms with Gasteiger partial charge in [-0.2, -0.15) is 0 Å². The molecule has 1 heterocycles. The topological polar surface area (TPSA) is 21.7 Å². The maximum Gasteiger partial charge on any atom is 0.119 e. The monoisotopic (exact) mass is 521 g/mol. The van der Waals surface area contributed by atoms with Crippen LogP contribution in [0.3, 0.4) is 0 Å². The molecule has 1 aromatic heterocycles. The summed E-state index contributed by atoms with van der Waals surface area (Å²) in [5.74, 6) is 1.66. The number of rotatable bonds is 7. The lowest BCUT2D eigenvalue weighted by Gasteiger charge is -2.28. The van der Waals surface area contributed by atoms with Crippen molar-refractivity contribution in [2.45, 2.75) is 27.7 Å². The van der Waals surface area contributed by atoms with Crippen LogP contribution in [0.1, 0.15) is 24.3 Å². The smallest absolute Gasteiger partial charge is 0.119 e. The number of benzene rings is 4. The Morgan fingerprint density at radius 1 is 0.579 bits per heavy atom. The van der Waals surface area contributed by atoms with Gasteiger partial charge in [0.2, 0.25) is 0 Å². The van der Waals surface area contributed by atoms with Gasteiger partial charge < -0.3 is 14.4 Å². The van der Waals surface area contributed by atoms with E-state index < -0.39 is 0 Å². The van der Waals surface area contributed by atoms with Crippen LogP contribution < -0.4 is 14.4 Å². The molecule has 0 amide bonds. The summed E-state index contributed by atoms with van der Waals surface area (Å²) in [6.07, 6.45) is 0.